The summed E-state index contributed by atoms with van der Waals surface area (Å²) >= 11 is 0. The van der Waals surface area contributed by atoms with E-state index in [1.165, 1.54) is 244 Å². The van der Waals surface area contributed by atoms with Crippen LogP contribution in [0.25, 0.3) is 0 Å². The highest BCUT2D eigenvalue weighted by Gasteiger charge is 2.27. The van der Waals surface area contributed by atoms with Crippen molar-refractivity contribution in [3.63, 3.8) is 0 Å². The molecule has 0 aliphatic heterocycles. The van der Waals surface area contributed by atoms with Crippen LogP contribution in [0, 0.1) is 0 Å². The number of hydrogen-bond donors (Lipinski definition) is 1. The van der Waals surface area contributed by atoms with Crippen molar-refractivity contribution >= 4 is 19.8 Å². The third-order valence-corrected chi connectivity index (χ3v) is 16.4. The van der Waals surface area contributed by atoms with Gasteiger partial charge < -0.3 is 18.9 Å². The van der Waals surface area contributed by atoms with E-state index in [9.17, 15) is 19.0 Å². The Balaban J connectivity index is 3.80. The Hall–Kier alpha value is -1.77. The highest BCUT2D eigenvalue weighted by Crippen LogP contribution is 2.43. The molecular formula is C69H133NO8P+. The molecule has 0 radical (unpaired) electrons. The lowest BCUT2D eigenvalue weighted by molar-refractivity contribution is -0.870. The monoisotopic (exact) mass is 1130 g/mol. The molecule has 0 bridgehead atoms. The van der Waals surface area contributed by atoms with Gasteiger partial charge in [0.05, 0.1) is 27.7 Å². The molecule has 79 heavy (non-hydrogen) atoms. The van der Waals surface area contributed by atoms with Gasteiger partial charge in [-0.05, 0) is 64.2 Å². The van der Waals surface area contributed by atoms with E-state index in [2.05, 4.69) is 50.3 Å². The van der Waals surface area contributed by atoms with E-state index in [1.54, 1.807) is 0 Å². The maximum atomic E-state index is 12.8. The van der Waals surface area contributed by atoms with Gasteiger partial charge in [-0.2, -0.15) is 0 Å². The fourth-order valence-corrected chi connectivity index (χ4v) is 10.8. The smallest absolute Gasteiger partial charge is 0.462 e. The van der Waals surface area contributed by atoms with Crippen LogP contribution in [0.1, 0.15) is 341 Å². The Labute approximate surface area is 491 Å². The molecule has 0 saturated carbocycles. The van der Waals surface area contributed by atoms with Gasteiger partial charge in [0.1, 0.15) is 19.8 Å². The number of hydrogen-bond acceptors (Lipinski definition) is 7. The van der Waals surface area contributed by atoms with Crippen LogP contribution >= 0.6 is 7.82 Å². The fraction of sp³-hybridized carbons (Fsp3) is 0.884. The summed E-state index contributed by atoms with van der Waals surface area (Å²) < 4.78 is 34.6. The highest BCUT2D eigenvalue weighted by atomic mass is 31.2. The summed E-state index contributed by atoms with van der Waals surface area (Å²) in [4.78, 5) is 35.7. The van der Waals surface area contributed by atoms with E-state index in [0.29, 0.717) is 23.9 Å². The lowest BCUT2D eigenvalue weighted by Crippen LogP contribution is -2.37. The maximum absolute atomic E-state index is 12.8. The molecule has 2 atom stereocenters. The average molecular weight is 1140 g/mol. The molecule has 1 N–H and O–H groups in total. The molecule has 10 heteroatoms. The molecule has 0 aromatic carbocycles. The molecule has 0 aromatic heterocycles. The van der Waals surface area contributed by atoms with E-state index < -0.39 is 26.5 Å². The molecule has 466 valence electrons. The van der Waals surface area contributed by atoms with E-state index >= 15 is 0 Å². The SMILES string of the molecule is CCCC/C=C\C/C=C\CCCCCCCC(=O)OC(COC(=O)CCCCCCCCCCCCCCCCCCCCCCCCCCCCCCC/C=C\CCCCCCCCCC)COP(=O)(O)OCC[N+](C)(C)C. The number of carbonyl (C=O) groups is 2. The quantitative estimate of drug-likeness (QED) is 0.0211. The van der Waals surface area contributed by atoms with Crippen molar-refractivity contribution in [3.8, 4) is 0 Å². The van der Waals surface area contributed by atoms with Gasteiger partial charge in [-0.25, -0.2) is 4.57 Å². The molecule has 9 nitrogen and oxygen atoms in total. The van der Waals surface area contributed by atoms with Gasteiger partial charge in [-0.3, -0.25) is 18.6 Å². The minimum absolute atomic E-state index is 0.0305. The first-order valence-corrected chi connectivity index (χ1v) is 35.7. The zero-order valence-electron chi connectivity index (χ0n) is 53.1. The molecule has 0 heterocycles. The highest BCUT2D eigenvalue weighted by molar-refractivity contribution is 7.47. The molecule has 0 amide bonds. The van der Waals surface area contributed by atoms with Gasteiger partial charge >= 0.3 is 19.8 Å². The number of likely N-dealkylation sites (N-methyl/N-ethyl adjacent to an activating group) is 1. The van der Waals surface area contributed by atoms with Gasteiger partial charge in [-0.15, -0.1) is 0 Å². The van der Waals surface area contributed by atoms with Crippen LogP contribution in [-0.4, -0.2) is 74.9 Å². The summed E-state index contributed by atoms with van der Waals surface area (Å²) in [5.41, 5.74) is 0. The minimum atomic E-state index is -4.39. The number of nitrogens with zero attached hydrogens (tertiary/aromatic N) is 1. The summed E-state index contributed by atoms with van der Waals surface area (Å²) in [6.45, 7) is 4.41. The Kier molecular flexibility index (Phi) is 59.4. The van der Waals surface area contributed by atoms with Crippen molar-refractivity contribution in [1.29, 1.82) is 0 Å². The molecule has 0 fully saturated rings. The summed E-state index contributed by atoms with van der Waals surface area (Å²) in [5.74, 6) is -0.800. The van der Waals surface area contributed by atoms with Crippen molar-refractivity contribution < 1.29 is 42.1 Å². The van der Waals surface area contributed by atoms with Crippen molar-refractivity contribution in [1.82, 2.24) is 0 Å². The number of allylic oxidation sites excluding steroid dienone is 6. The van der Waals surface area contributed by atoms with Crippen LogP contribution in [0.15, 0.2) is 36.5 Å². The molecule has 0 rings (SSSR count). The van der Waals surface area contributed by atoms with Crippen molar-refractivity contribution in [2.24, 2.45) is 0 Å². The van der Waals surface area contributed by atoms with E-state index in [-0.39, 0.29) is 25.6 Å². The number of phosphoric acid groups is 1. The summed E-state index contributed by atoms with van der Waals surface area (Å²) in [6.07, 6.45) is 77.2. The molecule has 0 aliphatic rings. The Morgan fingerprint density at radius 2 is 0.696 bits per heavy atom. The first-order chi connectivity index (χ1) is 38.5. The van der Waals surface area contributed by atoms with Crippen molar-refractivity contribution in [3.05, 3.63) is 36.5 Å². The zero-order valence-corrected chi connectivity index (χ0v) is 54.0. The lowest BCUT2D eigenvalue weighted by Gasteiger charge is -2.24. The van der Waals surface area contributed by atoms with Crippen LogP contribution in [0.5, 0.6) is 0 Å². The zero-order chi connectivity index (χ0) is 57.7. The average Bonchev–Trinajstić information content (AvgIpc) is 3.41. The van der Waals surface area contributed by atoms with Gasteiger partial charge in [0.15, 0.2) is 6.10 Å². The number of carbonyl (C=O) groups excluding carboxylic acids is 2. The van der Waals surface area contributed by atoms with E-state index in [1.807, 2.05) is 21.1 Å². The van der Waals surface area contributed by atoms with Gasteiger partial charge in [0.2, 0.25) is 0 Å². The van der Waals surface area contributed by atoms with Crippen LogP contribution in [-0.2, 0) is 32.7 Å². The lowest BCUT2D eigenvalue weighted by atomic mass is 10.0. The minimum Gasteiger partial charge on any atom is -0.462 e. The van der Waals surface area contributed by atoms with Crippen LogP contribution in [0.4, 0.5) is 0 Å². The third-order valence-electron chi connectivity index (χ3n) is 15.4. The fourth-order valence-electron chi connectivity index (χ4n) is 10.1. The summed E-state index contributed by atoms with van der Waals surface area (Å²) in [5, 5.41) is 0. The normalized spacial score (nSPS) is 13.3. The van der Waals surface area contributed by atoms with Crippen LogP contribution in [0.3, 0.4) is 0 Å². The summed E-state index contributed by atoms with van der Waals surface area (Å²) in [6, 6.07) is 0. The Bertz CT molecular complexity index is 1430. The molecule has 0 spiro atoms. The van der Waals surface area contributed by atoms with E-state index in [4.69, 9.17) is 18.5 Å². The van der Waals surface area contributed by atoms with Crippen molar-refractivity contribution in [2.45, 2.75) is 347 Å². The molecule has 0 aliphatic carbocycles. The Morgan fingerprint density at radius 3 is 1.05 bits per heavy atom. The second-order valence-corrected chi connectivity index (χ2v) is 26.0. The number of phosphoric ester groups is 1. The number of esters is 2. The van der Waals surface area contributed by atoms with Crippen LogP contribution < -0.4 is 0 Å². The Morgan fingerprint density at radius 1 is 0.392 bits per heavy atom. The molecule has 0 saturated heterocycles. The number of unbranched alkanes of at least 4 members (excludes halogenated alkanes) is 44. The van der Waals surface area contributed by atoms with E-state index in [0.717, 1.165) is 64.2 Å². The number of ether oxygens (including phenoxy) is 2. The van der Waals surface area contributed by atoms with Gasteiger partial charge in [-0.1, -0.05) is 301 Å². The predicted molar refractivity (Wildman–Crippen MR) is 340 cm³/mol. The number of quaternary nitrogens is 1. The third kappa shape index (κ3) is 65.3. The van der Waals surface area contributed by atoms with Crippen LogP contribution in [0.2, 0.25) is 0 Å². The second-order valence-electron chi connectivity index (χ2n) is 24.6. The predicted octanol–water partition coefficient (Wildman–Crippen LogP) is 21.9. The van der Waals surface area contributed by atoms with Crippen molar-refractivity contribution in [2.75, 3.05) is 47.5 Å². The number of rotatable bonds is 64. The molecular weight excluding hydrogens is 1000 g/mol. The topological polar surface area (TPSA) is 108 Å². The van der Waals surface area contributed by atoms with Gasteiger partial charge in [0.25, 0.3) is 0 Å². The summed E-state index contributed by atoms with van der Waals surface area (Å²) in [7, 11) is 1.48. The standard InChI is InChI=1S/C69H132NO8P/c1-6-8-10-12-14-16-18-20-22-23-24-25-26-27-28-29-30-31-32-33-34-35-36-37-38-39-40-41-42-43-44-45-46-47-48-50-51-53-55-57-59-61-68(71)75-65-67(66-77-79(73,74)76-64-63-70(3,4)5)78-69(72)62-60-58-56-54-52-49-21-19-17-15-13-11-9-7-2/h13,15,19,21,23-24,67H,6-12,14,16-18,20,22,25-66H2,1-5H3/p+1/b15-13-,21-19-,24-23-. The van der Waals surface area contributed by atoms with Gasteiger partial charge in [0, 0.05) is 12.8 Å². The molecule has 0 aromatic rings. The largest absolute Gasteiger partial charge is 0.472 e. The maximum Gasteiger partial charge on any atom is 0.472 e. The first-order valence-electron chi connectivity index (χ1n) is 34.2. The second kappa shape index (κ2) is 60.8. The first kappa shape index (κ1) is 77.2. The molecule has 2 unspecified atom stereocenters.